The van der Waals surface area contributed by atoms with Gasteiger partial charge in [-0.15, -0.1) is 0 Å². The fraction of sp³-hybridized carbons (Fsp3) is 0.588. The summed E-state index contributed by atoms with van der Waals surface area (Å²) in [5.41, 5.74) is 1.11. The number of urea groups is 1. The van der Waals surface area contributed by atoms with Crippen LogP contribution in [0.15, 0.2) is 30.3 Å². The predicted octanol–water partition coefficient (Wildman–Crippen LogP) is 1.37. The zero-order chi connectivity index (χ0) is 15.8. The van der Waals surface area contributed by atoms with Crippen molar-refractivity contribution in [3.05, 3.63) is 35.9 Å². The molecule has 1 aliphatic rings. The highest BCUT2D eigenvalue weighted by atomic mass is 16.2. The molecule has 2 amide bonds. The van der Waals surface area contributed by atoms with Gasteiger partial charge in [0.15, 0.2) is 0 Å². The van der Waals surface area contributed by atoms with E-state index in [9.17, 15) is 4.79 Å². The lowest BCUT2D eigenvalue weighted by atomic mass is 10.1. The van der Waals surface area contributed by atoms with Crippen LogP contribution >= 0.6 is 0 Å². The quantitative estimate of drug-likeness (QED) is 0.834. The van der Waals surface area contributed by atoms with Crippen molar-refractivity contribution in [3.63, 3.8) is 0 Å². The van der Waals surface area contributed by atoms with E-state index in [-0.39, 0.29) is 6.03 Å². The third-order valence-electron chi connectivity index (χ3n) is 4.07. The van der Waals surface area contributed by atoms with Crippen LogP contribution in [0.4, 0.5) is 4.79 Å². The molecular weight excluding hydrogens is 276 g/mol. The zero-order valence-corrected chi connectivity index (χ0v) is 13.7. The summed E-state index contributed by atoms with van der Waals surface area (Å²) >= 11 is 0. The van der Waals surface area contributed by atoms with E-state index in [1.165, 1.54) is 0 Å². The molecule has 122 valence electrons. The lowest BCUT2D eigenvalue weighted by Gasteiger charge is -2.33. The highest BCUT2D eigenvalue weighted by Crippen LogP contribution is 2.04. The Balaban J connectivity index is 1.59. The second kappa shape index (κ2) is 8.76. The molecule has 2 rings (SSSR count). The Kier molecular flexibility index (Phi) is 6.68. The summed E-state index contributed by atoms with van der Waals surface area (Å²) in [7, 11) is 2.17. The molecule has 1 aromatic rings. The second-order valence-electron chi connectivity index (χ2n) is 6.26. The van der Waals surface area contributed by atoms with Gasteiger partial charge < -0.3 is 20.4 Å². The van der Waals surface area contributed by atoms with E-state index in [0.717, 1.165) is 38.3 Å². The molecule has 0 radical (unpaired) electrons. The van der Waals surface area contributed by atoms with Crippen LogP contribution in [0.3, 0.4) is 0 Å². The molecule has 0 bridgehead atoms. The molecule has 5 heteroatoms. The van der Waals surface area contributed by atoms with Crippen LogP contribution in [0.5, 0.6) is 0 Å². The summed E-state index contributed by atoms with van der Waals surface area (Å²) in [6, 6.07) is 9.87. The molecule has 2 N–H and O–H groups in total. The Morgan fingerprint density at radius 1 is 1.14 bits per heavy atom. The van der Waals surface area contributed by atoms with Crippen LogP contribution in [-0.4, -0.2) is 62.1 Å². The number of hydrogen-bond donors (Lipinski definition) is 2. The molecule has 0 saturated carbocycles. The Morgan fingerprint density at radius 2 is 1.82 bits per heavy atom. The van der Waals surface area contributed by atoms with Crippen molar-refractivity contribution in [2.45, 2.75) is 13.5 Å². The van der Waals surface area contributed by atoms with Crippen LogP contribution in [-0.2, 0) is 6.54 Å². The third kappa shape index (κ3) is 6.03. The monoisotopic (exact) mass is 304 g/mol. The number of nitrogens with zero attached hydrogens (tertiary/aromatic N) is 2. The zero-order valence-electron chi connectivity index (χ0n) is 13.7. The van der Waals surface area contributed by atoms with E-state index in [0.29, 0.717) is 19.0 Å². The van der Waals surface area contributed by atoms with Crippen molar-refractivity contribution in [1.82, 2.24) is 20.4 Å². The molecule has 22 heavy (non-hydrogen) atoms. The van der Waals surface area contributed by atoms with Crippen molar-refractivity contribution in [3.8, 4) is 0 Å². The van der Waals surface area contributed by atoms with Crippen LogP contribution < -0.4 is 10.6 Å². The van der Waals surface area contributed by atoms with E-state index in [4.69, 9.17) is 0 Å². The normalized spacial score (nSPS) is 17.9. The van der Waals surface area contributed by atoms with Gasteiger partial charge in [-0.05, 0) is 18.5 Å². The number of piperazine rings is 1. The molecule has 1 aliphatic heterocycles. The van der Waals surface area contributed by atoms with Crippen LogP contribution in [0.1, 0.15) is 12.5 Å². The van der Waals surface area contributed by atoms with Gasteiger partial charge in [0.25, 0.3) is 0 Å². The summed E-state index contributed by atoms with van der Waals surface area (Å²) in [4.78, 5) is 16.7. The van der Waals surface area contributed by atoms with Gasteiger partial charge in [0.05, 0.1) is 0 Å². The van der Waals surface area contributed by atoms with Crippen LogP contribution in [0.25, 0.3) is 0 Å². The first-order chi connectivity index (χ1) is 10.6. The summed E-state index contributed by atoms with van der Waals surface area (Å²) in [5, 5.41) is 5.86. The average molecular weight is 304 g/mol. The number of hydrogen-bond acceptors (Lipinski definition) is 3. The van der Waals surface area contributed by atoms with E-state index in [1.54, 1.807) is 0 Å². The summed E-state index contributed by atoms with van der Waals surface area (Å²) < 4.78 is 0. The molecule has 1 heterocycles. The number of likely N-dealkylation sites (N-methyl/N-ethyl adjacent to an activating group) is 1. The van der Waals surface area contributed by atoms with E-state index >= 15 is 0 Å². The number of rotatable bonds is 6. The predicted molar refractivity (Wildman–Crippen MR) is 89.8 cm³/mol. The summed E-state index contributed by atoms with van der Waals surface area (Å²) in [6.07, 6.45) is 0. The highest BCUT2D eigenvalue weighted by molar-refractivity contribution is 5.73. The molecule has 1 fully saturated rings. The first-order valence-corrected chi connectivity index (χ1v) is 8.10. The maximum Gasteiger partial charge on any atom is 0.315 e. The van der Waals surface area contributed by atoms with E-state index in [2.05, 4.69) is 34.4 Å². The maximum atomic E-state index is 11.8. The number of amides is 2. The molecule has 1 saturated heterocycles. The molecule has 0 spiro atoms. The van der Waals surface area contributed by atoms with E-state index < -0.39 is 0 Å². The topological polar surface area (TPSA) is 47.6 Å². The Bertz CT molecular complexity index is 443. The van der Waals surface area contributed by atoms with E-state index in [1.807, 2.05) is 30.3 Å². The minimum Gasteiger partial charge on any atom is -0.338 e. The van der Waals surface area contributed by atoms with Crippen molar-refractivity contribution >= 4 is 6.03 Å². The largest absolute Gasteiger partial charge is 0.338 e. The molecule has 1 aromatic carbocycles. The molecular formula is C17H28N4O. The third-order valence-corrected chi connectivity index (χ3v) is 4.07. The van der Waals surface area contributed by atoms with Crippen molar-refractivity contribution < 1.29 is 4.79 Å². The van der Waals surface area contributed by atoms with Gasteiger partial charge in [-0.25, -0.2) is 4.79 Å². The number of benzene rings is 1. The molecule has 1 atom stereocenters. The van der Waals surface area contributed by atoms with Crippen molar-refractivity contribution in [2.24, 2.45) is 5.92 Å². The average Bonchev–Trinajstić information content (AvgIpc) is 2.54. The lowest BCUT2D eigenvalue weighted by Crippen LogP contribution is -2.47. The molecule has 0 aromatic heterocycles. The van der Waals surface area contributed by atoms with Gasteiger partial charge in [-0.2, -0.15) is 0 Å². The fourth-order valence-electron chi connectivity index (χ4n) is 2.64. The summed E-state index contributed by atoms with van der Waals surface area (Å²) in [6.45, 7) is 9.05. The van der Waals surface area contributed by atoms with Crippen molar-refractivity contribution in [1.29, 1.82) is 0 Å². The molecule has 5 nitrogen and oxygen atoms in total. The van der Waals surface area contributed by atoms with Gasteiger partial charge in [-0.1, -0.05) is 37.3 Å². The number of nitrogens with one attached hydrogen (secondary N) is 2. The maximum absolute atomic E-state index is 11.8. The van der Waals surface area contributed by atoms with Gasteiger partial charge in [-0.3, -0.25) is 0 Å². The molecule has 0 unspecified atom stereocenters. The molecule has 0 aliphatic carbocycles. The van der Waals surface area contributed by atoms with Gasteiger partial charge in [0, 0.05) is 45.8 Å². The minimum absolute atomic E-state index is 0.0888. The lowest BCUT2D eigenvalue weighted by molar-refractivity contribution is 0.138. The van der Waals surface area contributed by atoms with Gasteiger partial charge >= 0.3 is 6.03 Å². The Morgan fingerprint density at radius 3 is 2.50 bits per heavy atom. The number of carbonyl (C=O) groups is 1. The fourth-order valence-corrected chi connectivity index (χ4v) is 2.64. The van der Waals surface area contributed by atoms with Gasteiger partial charge in [0.1, 0.15) is 0 Å². The standard InChI is InChI=1S/C17H28N4O/c1-15(14-21-10-8-20(2)9-11-21)12-18-17(22)19-13-16-6-4-3-5-7-16/h3-7,15H,8-14H2,1-2H3,(H2,18,19,22)/t15-/m0/s1. The van der Waals surface area contributed by atoms with Gasteiger partial charge in [0.2, 0.25) is 0 Å². The minimum atomic E-state index is -0.0888. The van der Waals surface area contributed by atoms with Crippen LogP contribution in [0.2, 0.25) is 0 Å². The highest BCUT2D eigenvalue weighted by Gasteiger charge is 2.16. The Labute approximate surface area is 133 Å². The number of carbonyl (C=O) groups excluding carboxylic acids is 1. The SMILES string of the molecule is C[C@@H](CNC(=O)NCc1ccccc1)CN1CCN(C)CC1. The van der Waals surface area contributed by atoms with Crippen molar-refractivity contribution in [2.75, 3.05) is 46.3 Å². The Hall–Kier alpha value is -1.59. The first-order valence-electron chi connectivity index (χ1n) is 8.10. The smallest absolute Gasteiger partial charge is 0.315 e. The first kappa shape index (κ1) is 16.8. The second-order valence-corrected chi connectivity index (χ2v) is 6.26. The summed E-state index contributed by atoms with van der Waals surface area (Å²) in [5.74, 6) is 0.464. The van der Waals surface area contributed by atoms with Crippen LogP contribution in [0, 0.1) is 5.92 Å².